The number of amidine groups is 1. The Morgan fingerprint density at radius 2 is 1.86 bits per heavy atom. The predicted octanol–water partition coefficient (Wildman–Crippen LogP) is 4.08. The van der Waals surface area contributed by atoms with Gasteiger partial charge in [0.15, 0.2) is 0 Å². The first-order valence-corrected chi connectivity index (χ1v) is 10.4. The molecule has 5 heteroatoms. The van der Waals surface area contributed by atoms with Crippen molar-refractivity contribution in [1.29, 1.82) is 0 Å². The van der Waals surface area contributed by atoms with Crippen LogP contribution in [-0.4, -0.2) is 37.7 Å². The van der Waals surface area contributed by atoms with E-state index in [2.05, 4.69) is 58.0 Å². The molecule has 2 fully saturated rings. The second-order valence-electron chi connectivity index (χ2n) is 8.01. The summed E-state index contributed by atoms with van der Waals surface area (Å²) in [6.45, 7) is 4.66. The Kier molecular flexibility index (Phi) is 4.69. The van der Waals surface area contributed by atoms with E-state index in [1.807, 2.05) is 6.07 Å². The van der Waals surface area contributed by atoms with Crippen molar-refractivity contribution in [2.24, 2.45) is 4.99 Å². The molecule has 0 bridgehead atoms. The number of nitrogens with zero attached hydrogens (tertiary/aromatic N) is 2. The SMILES string of the molecule is c1cc(CNC2=Nc3ccccc3NC23CCOCC3)cc(N2CCCC2)c1. The molecule has 3 heterocycles. The highest BCUT2D eigenvalue weighted by atomic mass is 16.5. The first-order valence-electron chi connectivity index (χ1n) is 10.4. The van der Waals surface area contributed by atoms with Crippen LogP contribution in [0.1, 0.15) is 31.2 Å². The first kappa shape index (κ1) is 17.6. The quantitative estimate of drug-likeness (QED) is 0.847. The first-order chi connectivity index (χ1) is 13.8. The van der Waals surface area contributed by atoms with Crippen LogP contribution in [0.5, 0.6) is 0 Å². The number of hydrogen-bond acceptors (Lipinski definition) is 5. The molecule has 5 nitrogen and oxygen atoms in total. The van der Waals surface area contributed by atoms with Gasteiger partial charge < -0.3 is 20.3 Å². The van der Waals surface area contributed by atoms with Crippen LogP contribution in [0, 0.1) is 0 Å². The fourth-order valence-electron chi connectivity index (χ4n) is 4.54. The standard InChI is InChI=1S/C23H28N4O/c1-2-9-21-20(8-1)25-22(23(26-21)10-14-28-15-11-23)24-17-18-6-5-7-19(16-18)27-12-3-4-13-27/h1-2,5-9,16,26H,3-4,10-15,17H2,(H,24,25). The summed E-state index contributed by atoms with van der Waals surface area (Å²) in [5, 5.41) is 7.44. The van der Waals surface area contributed by atoms with Crippen molar-refractivity contribution in [3.63, 3.8) is 0 Å². The Bertz CT molecular complexity index is 866. The average Bonchev–Trinajstić information content (AvgIpc) is 3.28. The summed E-state index contributed by atoms with van der Waals surface area (Å²) < 4.78 is 5.64. The summed E-state index contributed by atoms with van der Waals surface area (Å²) >= 11 is 0. The fraction of sp³-hybridized carbons (Fsp3) is 0.435. The Labute approximate surface area is 166 Å². The number of benzene rings is 2. The summed E-state index contributed by atoms with van der Waals surface area (Å²) in [6.07, 6.45) is 4.46. The topological polar surface area (TPSA) is 48.9 Å². The van der Waals surface area contributed by atoms with Crippen LogP contribution in [0.25, 0.3) is 0 Å². The molecule has 28 heavy (non-hydrogen) atoms. The van der Waals surface area contributed by atoms with Gasteiger partial charge in [-0.1, -0.05) is 24.3 Å². The van der Waals surface area contributed by atoms with Crippen LogP contribution in [0.4, 0.5) is 17.1 Å². The van der Waals surface area contributed by atoms with E-state index in [4.69, 9.17) is 9.73 Å². The highest BCUT2D eigenvalue weighted by molar-refractivity contribution is 6.00. The Hall–Kier alpha value is -2.53. The monoisotopic (exact) mass is 376 g/mol. The van der Waals surface area contributed by atoms with Gasteiger partial charge in [0.25, 0.3) is 0 Å². The molecule has 146 valence electrons. The molecular formula is C23H28N4O. The molecule has 3 aliphatic rings. The maximum Gasteiger partial charge on any atom is 0.129 e. The third-order valence-electron chi connectivity index (χ3n) is 6.15. The minimum absolute atomic E-state index is 0.154. The van der Waals surface area contributed by atoms with Gasteiger partial charge in [-0.25, -0.2) is 4.99 Å². The molecule has 0 atom stereocenters. The van der Waals surface area contributed by atoms with Crippen molar-refractivity contribution < 1.29 is 4.74 Å². The van der Waals surface area contributed by atoms with Crippen molar-refractivity contribution in [2.75, 3.05) is 36.5 Å². The van der Waals surface area contributed by atoms with E-state index < -0.39 is 0 Å². The van der Waals surface area contributed by atoms with Gasteiger partial charge >= 0.3 is 0 Å². The minimum atomic E-state index is -0.154. The molecule has 2 aromatic carbocycles. The maximum absolute atomic E-state index is 5.64. The molecule has 2 aromatic rings. The zero-order valence-electron chi connectivity index (χ0n) is 16.3. The minimum Gasteiger partial charge on any atom is -0.381 e. The zero-order valence-corrected chi connectivity index (χ0v) is 16.3. The van der Waals surface area contributed by atoms with E-state index in [0.717, 1.165) is 49.8 Å². The lowest BCUT2D eigenvalue weighted by atomic mass is 9.86. The van der Waals surface area contributed by atoms with Gasteiger partial charge in [-0.2, -0.15) is 0 Å². The van der Waals surface area contributed by atoms with Crippen LogP contribution in [-0.2, 0) is 11.3 Å². The summed E-state index contributed by atoms with van der Waals surface area (Å²) in [6, 6.07) is 17.2. The number of hydrogen-bond donors (Lipinski definition) is 2. The Morgan fingerprint density at radius 3 is 2.71 bits per heavy atom. The number of para-hydroxylation sites is 2. The van der Waals surface area contributed by atoms with Gasteiger partial charge in [0.05, 0.1) is 16.9 Å². The molecule has 2 N–H and O–H groups in total. The molecule has 0 radical (unpaired) electrons. The van der Waals surface area contributed by atoms with Gasteiger partial charge in [-0.15, -0.1) is 0 Å². The van der Waals surface area contributed by atoms with E-state index in [1.165, 1.54) is 37.2 Å². The average molecular weight is 377 g/mol. The number of fused-ring (bicyclic) bond motifs is 1. The predicted molar refractivity (Wildman–Crippen MR) is 115 cm³/mol. The van der Waals surface area contributed by atoms with Gasteiger partial charge in [-0.3, -0.25) is 0 Å². The number of aliphatic imine (C=N–C) groups is 1. The zero-order chi connectivity index (χ0) is 18.8. The lowest BCUT2D eigenvalue weighted by Gasteiger charge is -2.42. The third kappa shape index (κ3) is 3.35. The smallest absolute Gasteiger partial charge is 0.129 e. The fourth-order valence-corrected chi connectivity index (χ4v) is 4.54. The summed E-state index contributed by atoms with van der Waals surface area (Å²) in [4.78, 5) is 7.50. The van der Waals surface area contributed by atoms with Gasteiger partial charge in [0.2, 0.25) is 0 Å². The third-order valence-corrected chi connectivity index (χ3v) is 6.15. The highest BCUT2D eigenvalue weighted by Crippen LogP contribution is 2.37. The molecule has 0 unspecified atom stereocenters. The molecule has 1 spiro atoms. The second kappa shape index (κ2) is 7.47. The van der Waals surface area contributed by atoms with Crippen LogP contribution >= 0.6 is 0 Å². The van der Waals surface area contributed by atoms with Crippen LogP contribution in [0.15, 0.2) is 53.5 Å². The van der Waals surface area contributed by atoms with Crippen molar-refractivity contribution in [2.45, 2.75) is 37.8 Å². The molecule has 0 aliphatic carbocycles. The van der Waals surface area contributed by atoms with Crippen LogP contribution in [0.2, 0.25) is 0 Å². The lowest BCUT2D eigenvalue weighted by Crippen LogP contribution is -2.56. The van der Waals surface area contributed by atoms with E-state index >= 15 is 0 Å². The molecule has 3 aliphatic heterocycles. The van der Waals surface area contributed by atoms with E-state index in [0.29, 0.717) is 0 Å². The Balaban J connectivity index is 1.38. The van der Waals surface area contributed by atoms with E-state index in [-0.39, 0.29) is 5.54 Å². The van der Waals surface area contributed by atoms with Crippen molar-refractivity contribution in [3.05, 3.63) is 54.1 Å². The van der Waals surface area contributed by atoms with Crippen LogP contribution < -0.4 is 15.5 Å². The summed E-state index contributed by atoms with van der Waals surface area (Å²) in [5.74, 6) is 1.04. The summed E-state index contributed by atoms with van der Waals surface area (Å²) in [7, 11) is 0. The van der Waals surface area contributed by atoms with Gasteiger partial charge in [0.1, 0.15) is 5.84 Å². The van der Waals surface area contributed by atoms with Crippen LogP contribution in [0.3, 0.4) is 0 Å². The van der Waals surface area contributed by atoms with E-state index in [9.17, 15) is 0 Å². The van der Waals surface area contributed by atoms with Gasteiger partial charge in [0, 0.05) is 51.4 Å². The number of ether oxygens (including phenoxy) is 1. The molecular weight excluding hydrogens is 348 g/mol. The molecule has 0 saturated carbocycles. The number of nitrogens with one attached hydrogen (secondary N) is 2. The van der Waals surface area contributed by atoms with Crippen molar-refractivity contribution >= 4 is 22.9 Å². The van der Waals surface area contributed by atoms with Crippen molar-refractivity contribution in [3.8, 4) is 0 Å². The largest absolute Gasteiger partial charge is 0.381 e. The summed E-state index contributed by atoms with van der Waals surface area (Å²) in [5.41, 5.74) is 4.61. The Morgan fingerprint density at radius 1 is 1.04 bits per heavy atom. The second-order valence-corrected chi connectivity index (χ2v) is 8.01. The lowest BCUT2D eigenvalue weighted by molar-refractivity contribution is 0.0771. The van der Waals surface area contributed by atoms with Gasteiger partial charge in [-0.05, 0) is 42.7 Å². The number of rotatable bonds is 3. The molecule has 2 saturated heterocycles. The highest BCUT2D eigenvalue weighted by Gasteiger charge is 2.40. The molecule has 0 aromatic heterocycles. The van der Waals surface area contributed by atoms with E-state index in [1.54, 1.807) is 0 Å². The maximum atomic E-state index is 5.64. The number of anilines is 2. The van der Waals surface area contributed by atoms with Crippen molar-refractivity contribution in [1.82, 2.24) is 5.32 Å². The normalized spacial score (nSPS) is 20.4. The molecule has 0 amide bonds. The molecule has 5 rings (SSSR count).